The lowest BCUT2D eigenvalue weighted by Gasteiger charge is -2.49. The van der Waals surface area contributed by atoms with Crippen LogP contribution < -0.4 is 14.5 Å². The number of carbonyl (C=O) groups is 4. The number of phenolic OH excluding ortho intramolecular Hbond substituents is 1. The number of para-hydroxylation sites is 1. The molecular formula is C36H32N2O6. The Morgan fingerprint density at radius 1 is 0.886 bits per heavy atom. The smallest absolute Gasteiger partial charge is 0.241 e. The Morgan fingerprint density at radius 2 is 1.59 bits per heavy atom. The van der Waals surface area contributed by atoms with E-state index in [0.29, 0.717) is 29.1 Å². The van der Waals surface area contributed by atoms with Gasteiger partial charge in [-0.25, -0.2) is 4.90 Å². The Morgan fingerprint density at radius 3 is 2.25 bits per heavy atom. The van der Waals surface area contributed by atoms with Crippen LogP contribution in [0.15, 0.2) is 91.0 Å². The summed E-state index contributed by atoms with van der Waals surface area (Å²) in [6.45, 7) is 5.57. The van der Waals surface area contributed by atoms with Crippen molar-refractivity contribution in [1.29, 1.82) is 0 Å². The predicted molar refractivity (Wildman–Crippen MR) is 165 cm³/mol. The Kier molecular flexibility index (Phi) is 6.35. The van der Waals surface area contributed by atoms with E-state index in [0.717, 1.165) is 11.1 Å². The summed E-state index contributed by atoms with van der Waals surface area (Å²) in [5, 5.41) is 11.3. The van der Waals surface area contributed by atoms with Crippen LogP contribution in [0.5, 0.6) is 11.5 Å². The van der Waals surface area contributed by atoms with Gasteiger partial charge in [0.2, 0.25) is 23.6 Å². The van der Waals surface area contributed by atoms with Crippen LogP contribution in [0.1, 0.15) is 36.8 Å². The van der Waals surface area contributed by atoms with E-state index in [2.05, 4.69) is 6.58 Å². The standard InChI is InChI=1S/C36H32N2O6/c1-4-20-10-12-22(13-11-20)37-32(40)26-17-16-24-27(30(26)34(37)42)19-28-33(41)38(21-8-6-5-7-9-21)35(43)36(28,2)31(24)25-15-14-23(44-3)18-29(25)39/h4-16,18,26-28,30-31,39H,1,17,19H2,2-3H3/t26-,27+,28-,30-,31+,36+/m0/s1. The number of imide groups is 2. The maximum atomic E-state index is 14.4. The zero-order valence-electron chi connectivity index (χ0n) is 24.5. The maximum absolute atomic E-state index is 14.4. The number of anilines is 2. The molecule has 0 unspecified atom stereocenters. The lowest BCUT2D eigenvalue weighted by atomic mass is 9.51. The summed E-state index contributed by atoms with van der Waals surface area (Å²) in [6, 6.07) is 20.9. The van der Waals surface area contributed by atoms with E-state index in [1.54, 1.807) is 61.5 Å². The Bertz CT molecular complexity index is 1760. The number of benzene rings is 3. The number of allylic oxidation sites excluding steroid dienone is 2. The summed E-state index contributed by atoms with van der Waals surface area (Å²) in [5.41, 5.74) is 1.90. The van der Waals surface area contributed by atoms with Crippen molar-refractivity contribution in [1.82, 2.24) is 0 Å². The number of hydrogen-bond acceptors (Lipinski definition) is 6. The van der Waals surface area contributed by atoms with Crippen molar-refractivity contribution in [2.75, 3.05) is 16.9 Å². The van der Waals surface area contributed by atoms with E-state index in [1.165, 1.54) is 23.0 Å². The van der Waals surface area contributed by atoms with Gasteiger partial charge in [-0.2, -0.15) is 0 Å². The van der Waals surface area contributed by atoms with Crippen LogP contribution in [0.4, 0.5) is 11.4 Å². The van der Waals surface area contributed by atoms with E-state index in [4.69, 9.17) is 4.74 Å². The van der Waals surface area contributed by atoms with E-state index < -0.39 is 35.0 Å². The fraction of sp³-hybridized carbons (Fsp3) is 0.278. The molecule has 0 spiro atoms. The van der Waals surface area contributed by atoms with E-state index >= 15 is 0 Å². The van der Waals surface area contributed by atoms with Gasteiger partial charge in [0.25, 0.3) is 0 Å². The van der Waals surface area contributed by atoms with Gasteiger partial charge in [0.15, 0.2) is 0 Å². The number of rotatable bonds is 5. The molecule has 1 N–H and O–H groups in total. The summed E-state index contributed by atoms with van der Waals surface area (Å²) in [6.07, 6.45) is 4.23. The molecular weight excluding hydrogens is 556 g/mol. The number of ether oxygens (including phenoxy) is 1. The van der Waals surface area contributed by atoms with Crippen molar-refractivity contribution in [2.45, 2.75) is 25.7 Å². The normalized spacial score (nSPS) is 29.2. The molecule has 4 aliphatic rings. The summed E-state index contributed by atoms with van der Waals surface area (Å²) in [7, 11) is 1.50. The molecule has 7 rings (SSSR count). The number of aromatic hydroxyl groups is 1. The largest absolute Gasteiger partial charge is 0.508 e. The molecule has 0 bridgehead atoms. The van der Waals surface area contributed by atoms with E-state index in [-0.39, 0.29) is 35.8 Å². The van der Waals surface area contributed by atoms with Crippen LogP contribution in [0.25, 0.3) is 6.08 Å². The second-order valence-electron chi connectivity index (χ2n) is 12.2. The first kappa shape index (κ1) is 27.8. The Labute approximate surface area is 255 Å². The van der Waals surface area contributed by atoms with Gasteiger partial charge < -0.3 is 9.84 Å². The number of fused-ring (bicyclic) bond motifs is 4. The lowest BCUT2D eigenvalue weighted by Crippen LogP contribution is -2.48. The molecule has 0 aromatic heterocycles. The Hall–Kier alpha value is -4.98. The van der Waals surface area contributed by atoms with Gasteiger partial charge in [-0.05, 0) is 61.6 Å². The first-order valence-corrected chi connectivity index (χ1v) is 14.8. The van der Waals surface area contributed by atoms with Crippen LogP contribution in [-0.2, 0) is 19.2 Å². The number of carbonyl (C=O) groups excluding carboxylic acids is 4. The number of amides is 4. The van der Waals surface area contributed by atoms with Gasteiger partial charge in [0.05, 0.1) is 41.7 Å². The molecule has 222 valence electrons. The molecule has 2 aliphatic heterocycles. The van der Waals surface area contributed by atoms with Gasteiger partial charge in [-0.3, -0.25) is 24.1 Å². The molecule has 4 amide bonds. The molecule has 2 aliphatic carbocycles. The third-order valence-corrected chi connectivity index (χ3v) is 10.2. The molecule has 3 fully saturated rings. The number of phenols is 1. The fourth-order valence-electron chi connectivity index (χ4n) is 8.09. The summed E-state index contributed by atoms with van der Waals surface area (Å²) in [4.78, 5) is 59.1. The van der Waals surface area contributed by atoms with Crippen LogP contribution in [0.2, 0.25) is 0 Å². The Balaban J connectivity index is 1.36. The van der Waals surface area contributed by atoms with Crippen LogP contribution in [0.3, 0.4) is 0 Å². The molecule has 44 heavy (non-hydrogen) atoms. The van der Waals surface area contributed by atoms with Crippen LogP contribution in [-0.4, -0.2) is 35.8 Å². The SMILES string of the molecule is C=Cc1ccc(N2C(=O)[C@H]3[C@H](CC=C4[C@H]3C[C@H]3C(=O)N(c5ccccc5)C(=O)[C@@]3(C)[C@H]4c3ccc(OC)cc3O)C2=O)cc1. The fourth-order valence-corrected chi connectivity index (χ4v) is 8.09. The predicted octanol–water partition coefficient (Wildman–Crippen LogP) is 5.48. The molecule has 2 saturated heterocycles. The highest BCUT2D eigenvalue weighted by molar-refractivity contribution is 6.25. The molecule has 6 atom stereocenters. The van der Waals surface area contributed by atoms with Crippen molar-refractivity contribution < 1.29 is 29.0 Å². The van der Waals surface area contributed by atoms with Crippen LogP contribution in [0, 0.1) is 29.1 Å². The van der Waals surface area contributed by atoms with Gasteiger partial charge in [-0.1, -0.05) is 60.7 Å². The number of methoxy groups -OCH3 is 1. The monoisotopic (exact) mass is 588 g/mol. The highest BCUT2D eigenvalue weighted by Gasteiger charge is 2.68. The molecule has 8 heteroatoms. The van der Waals surface area contributed by atoms with Crippen molar-refractivity contribution >= 4 is 41.1 Å². The van der Waals surface area contributed by atoms with Gasteiger partial charge in [0.1, 0.15) is 11.5 Å². The molecule has 8 nitrogen and oxygen atoms in total. The average molecular weight is 589 g/mol. The minimum Gasteiger partial charge on any atom is -0.508 e. The van der Waals surface area contributed by atoms with Crippen molar-refractivity contribution in [2.24, 2.45) is 29.1 Å². The zero-order chi connectivity index (χ0) is 30.9. The third kappa shape index (κ3) is 3.76. The summed E-state index contributed by atoms with van der Waals surface area (Å²) < 4.78 is 5.32. The lowest BCUT2D eigenvalue weighted by molar-refractivity contribution is -0.131. The minimum atomic E-state index is -1.24. The maximum Gasteiger partial charge on any atom is 0.241 e. The van der Waals surface area contributed by atoms with Crippen molar-refractivity contribution in [3.63, 3.8) is 0 Å². The quantitative estimate of drug-likeness (QED) is 0.313. The second-order valence-corrected chi connectivity index (χ2v) is 12.2. The van der Waals surface area contributed by atoms with Crippen molar-refractivity contribution in [3.8, 4) is 11.5 Å². The topological polar surface area (TPSA) is 104 Å². The van der Waals surface area contributed by atoms with Gasteiger partial charge >= 0.3 is 0 Å². The minimum absolute atomic E-state index is 0.0610. The third-order valence-electron chi connectivity index (χ3n) is 10.2. The summed E-state index contributed by atoms with van der Waals surface area (Å²) in [5.74, 6) is -4.09. The average Bonchev–Trinajstić information content (AvgIpc) is 3.41. The number of hydrogen-bond donors (Lipinski definition) is 1. The first-order valence-electron chi connectivity index (χ1n) is 14.8. The molecule has 3 aromatic rings. The van der Waals surface area contributed by atoms with E-state index in [1.807, 2.05) is 24.3 Å². The molecule has 3 aromatic carbocycles. The highest BCUT2D eigenvalue weighted by atomic mass is 16.5. The number of nitrogens with zero attached hydrogens (tertiary/aromatic N) is 2. The first-order chi connectivity index (χ1) is 21.2. The molecule has 1 saturated carbocycles. The molecule has 2 heterocycles. The zero-order valence-corrected chi connectivity index (χ0v) is 24.5. The van der Waals surface area contributed by atoms with Gasteiger partial charge in [-0.15, -0.1) is 0 Å². The second kappa shape index (κ2) is 10.0. The van der Waals surface area contributed by atoms with Gasteiger partial charge in [0, 0.05) is 17.5 Å². The summed E-state index contributed by atoms with van der Waals surface area (Å²) >= 11 is 0. The van der Waals surface area contributed by atoms with Crippen LogP contribution >= 0.6 is 0 Å². The highest BCUT2D eigenvalue weighted by Crippen LogP contribution is 2.64. The van der Waals surface area contributed by atoms with Crippen molar-refractivity contribution in [3.05, 3.63) is 102 Å². The van der Waals surface area contributed by atoms with E-state index in [9.17, 15) is 24.3 Å². The molecule has 0 radical (unpaired) electrons.